The summed E-state index contributed by atoms with van der Waals surface area (Å²) < 4.78 is 5.63. The third kappa shape index (κ3) is 2.62. The van der Waals surface area contributed by atoms with Crippen LogP contribution in [0, 0.1) is 20.8 Å². The zero-order valence-electron chi connectivity index (χ0n) is 11.4. The van der Waals surface area contributed by atoms with Gasteiger partial charge in [0, 0.05) is 17.5 Å². The van der Waals surface area contributed by atoms with Crippen LogP contribution in [-0.2, 0) is 0 Å². The van der Waals surface area contributed by atoms with Crippen molar-refractivity contribution in [3.05, 3.63) is 52.7 Å². The fourth-order valence-electron chi connectivity index (χ4n) is 2.20. The smallest absolute Gasteiger partial charge is 0.106 e. The lowest BCUT2D eigenvalue weighted by Gasteiger charge is -2.17. The molecule has 18 heavy (non-hydrogen) atoms. The van der Waals surface area contributed by atoms with Crippen LogP contribution in [0.15, 0.2) is 28.8 Å². The SMILES string of the molecule is CCNC(c1ccc(C)nc1)c1cc(C)oc1C. The molecule has 3 heteroatoms. The summed E-state index contributed by atoms with van der Waals surface area (Å²) in [6, 6.07) is 6.42. The number of rotatable bonds is 4. The molecule has 0 spiro atoms. The highest BCUT2D eigenvalue weighted by Gasteiger charge is 2.18. The van der Waals surface area contributed by atoms with E-state index in [0.29, 0.717) is 0 Å². The number of pyridine rings is 1. The van der Waals surface area contributed by atoms with Crippen molar-refractivity contribution >= 4 is 0 Å². The lowest BCUT2D eigenvalue weighted by atomic mass is 10.00. The number of furan rings is 1. The zero-order chi connectivity index (χ0) is 13.1. The van der Waals surface area contributed by atoms with Crippen molar-refractivity contribution in [2.24, 2.45) is 0 Å². The Bertz CT molecular complexity index is 514. The average Bonchev–Trinajstić information content (AvgIpc) is 2.67. The van der Waals surface area contributed by atoms with Gasteiger partial charge in [0.15, 0.2) is 0 Å². The lowest BCUT2D eigenvalue weighted by molar-refractivity contribution is 0.495. The summed E-state index contributed by atoms with van der Waals surface area (Å²) in [5.74, 6) is 1.92. The van der Waals surface area contributed by atoms with Gasteiger partial charge in [-0.05, 0) is 45.0 Å². The molecule has 0 aromatic carbocycles. The van der Waals surface area contributed by atoms with Crippen molar-refractivity contribution in [2.45, 2.75) is 33.7 Å². The molecule has 2 rings (SSSR count). The predicted molar refractivity (Wildman–Crippen MR) is 72.7 cm³/mol. The van der Waals surface area contributed by atoms with Gasteiger partial charge in [0.25, 0.3) is 0 Å². The topological polar surface area (TPSA) is 38.1 Å². The molecule has 0 radical (unpaired) electrons. The largest absolute Gasteiger partial charge is 0.466 e. The van der Waals surface area contributed by atoms with Crippen LogP contribution in [0.25, 0.3) is 0 Å². The van der Waals surface area contributed by atoms with Crippen molar-refractivity contribution in [1.29, 1.82) is 0 Å². The van der Waals surface area contributed by atoms with Gasteiger partial charge in [0.2, 0.25) is 0 Å². The van der Waals surface area contributed by atoms with Gasteiger partial charge in [-0.1, -0.05) is 13.0 Å². The number of nitrogens with zero attached hydrogens (tertiary/aromatic N) is 1. The quantitative estimate of drug-likeness (QED) is 0.896. The van der Waals surface area contributed by atoms with Crippen molar-refractivity contribution in [3.8, 4) is 0 Å². The van der Waals surface area contributed by atoms with Gasteiger partial charge in [-0.3, -0.25) is 4.98 Å². The van der Waals surface area contributed by atoms with Crippen molar-refractivity contribution < 1.29 is 4.42 Å². The summed E-state index contributed by atoms with van der Waals surface area (Å²) in [5.41, 5.74) is 3.40. The molecule has 0 aliphatic rings. The second kappa shape index (κ2) is 5.36. The van der Waals surface area contributed by atoms with Crippen LogP contribution >= 0.6 is 0 Å². The summed E-state index contributed by atoms with van der Waals surface area (Å²) in [7, 11) is 0. The molecule has 0 bridgehead atoms. The molecule has 2 aromatic rings. The van der Waals surface area contributed by atoms with E-state index in [2.05, 4.69) is 29.4 Å². The molecule has 0 amide bonds. The van der Waals surface area contributed by atoms with E-state index >= 15 is 0 Å². The van der Waals surface area contributed by atoms with Crippen LogP contribution in [0.2, 0.25) is 0 Å². The second-order valence-electron chi connectivity index (χ2n) is 4.59. The second-order valence-corrected chi connectivity index (χ2v) is 4.59. The third-order valence-corrected chi connectivity index (χ3v) is 3.07. The Balaban J connectivity index is 2.39. The Morgan fingerprint density at radius 2 is 2.06 bits per heavy atom. The minimum atomic E-state index is 0.153. The minimum absolute atomic E-state index is 0.153. The first kappa shape index (κ1) is 12.8. The maximum atomic E-state index is 5.63. The number of hydrogen-bond donors (Lipinski definition) is 1. The first-order chi connectivity index (χ1) is 8.61. The van der Waals surface area contributed by atoms with Crippen LogP contribution in [0.3, 0.4) is 0 Å². The molecule has 1 atom stereocenters. The van der Waals surface area contributed by atoms with Crippen LogP contribution < -0.4 is 5.32 Å². The Morgan fingerprint density at radius 3 is 2.56 bits per heavy atom. The van der Waals surface area contributed by atoms with Gasteiger partial charge in [-0.2, -0.15) is 0 Å². The van der Waals surface area contributed by atoms with Crippen LogP contribution in [0.1, 0.15) is 41.3 Å². The summed E-state index contributed by atoms with van der Waals surface area (Å²) >= 11 is 0. The van der Waals surface area contributed by atoms with Gasteiger partial charge in [0.1, 0.15) is 11.5 Å². The molecule has 1 N–H and O–H groups in total. The third-order valence-electron chi connectivity index (χ3n) is 3.07. The molecule has 1 unspecified atom stereocenters. The van der Waals surface area contributed by atoms with Gasteiger partial charge in [-0.15, -0.1) is 0 Å². The number of hydrogen-bond acceptors (Lipinski definition) is 3. The number of aryl methyl sites for hydroxylation is 3. The van der Waals surface area contributed by atoms with Crippen LogP contribution in [-0.4, -0.2) is 11.5 Å². The molecule has 3 nitrogen and oxygen atoms in total. The molecular weight excluding hydrogens is 224 g/mol. The van der Waals surface area contributed by atoms with E-state index in [-0.39, 0.29) is 6.04 Å². The summed E-state index contributed by atoms with van der Waals surface area (Å²) in [5, 5.41) is 3.49. The fraction of sp³-hybridized carbons (Fsp3) is 0.400. The van der Waals surface area contributed by atoms with Gasteiger partial charge in [0.05, 0.1) is 6.04 Å². The fourth-order valence-corrected chi connectivity index (χ4v) is 2.20. The molecule has 0 fully saturated rings. The standard InChI is InChI=1S/C15H20N2O/c1-5-16-15(13-7-6-10(2)17-9-13)14-8-11(3)18-12(14)4/h6-9,15-16H,5H2,1-4H3. The highest BCUT2D eigenvalue weighted by molar-refractivity contribution is 5.33. The van der Waals surface area contributed by atoms with Crippen LogP contribution in [0.4, 0.5) is 0 Å². The first-order valence-electron chi connectivity index (χ1n) is 6.34. The lowest BCUT2D eigenvalue weighted by Crippen LogP contribution is -2.22. The molecule has 0 aliphatic heterocycles. The molecule has 2 aromatic heterocycles. The normalized spacial score (nSPS) is 12.7. The monoisotopic (exact) mass is 244 g/mol. The van der Waals surface area contributed by atoms with E-state index in [1.165, 1.54) is 11.1 Å². The van der Waals surface area contributed by atoms with Crippen molar-refractivity contribution in [1.82, 2.24) is 10.3 Å². The van der Waals surface area contributed by atoms with Crippen LogP contribution in [0.5, 0.6) is 0 Å². The van der Waals surface area contributed by atoms with Crippen molar-refractivity contribution in [2.75, 3.05) is 6.54 Å². The molecular formula is C15H20N2O. The molecule has 0 aliphatic carbocycles. The number of aromatic nitrogens is 1. The van der Waals surface area contributed by atoms with E-state index in [4.69, 9.17) is 4.42 Å². The van der Waals surface area contributed by atoms with E-state index in [0.717, 1.165) is 23.8 Å². The molecule has 96 valence electrons. The summed E-state index contributed by atoms with van der Waals surface area (Å²) in [6.45, 7) is 9.00. The molecule has 0 saturated heterocycles. The average molecular weight is 244 g/mol. The van der Waals surface area contributed by atoms with E-state index in [9.17, 15) is 0 Å². The maximum absolute atomic E-state index is 5.63. The Kier molecular flexibility index (Phi) is 3.82. The van der Waals surface area contributed by atoms with E-state index < -0.39 is 0 Å². The highest BCUT2D eigenvalue weighted by Crippen LogP contribution is 2.27. The highest BCUT2D eigenvalue weighted by atomic mass is 16.3. The van der Waals surface area contributed by atoms with Gasteiger partial charge >= 0.3 is 0 Å². The van der Waals surface area contributed by atoms with E-state index in [1.807, 2.05) is 33.0 Å². The maximum Gasteiger partial charge on any atom is 0.106 e. The van der Waals surface area contributed by atoms with Crippen molar-refractivity contribution in [3.63, 3.8) is 0 Å². The predicted octanol–water partition coefficient (Wildman–Crippen LogP) is 3.30. The molecule has 0 saturated carbocycles. The van der Waals surface area contributed by atoms with Gasteiger partial charge in [-0.25, -0.2) is 0 Å². The minimum Gasteiger partial charge on any atom is -0.466 e. The molecule has 2 heterocycles. The Morgan fingerprint density at radius 1 is 1.28 bits per heavy atom. The van der Waals surface area contributed by atoms with E-state index in [1.54, 1.807) is 0 Å². The Labute approximate surface area is 108 Å². The zero-order valence-corrected chi connectivity index (χ0v) is 11.4. The Hall–Kier alpha value is -1.61. The summed E-state index contributed by atoms with van der Waals surface area (Å²) in [4.78, 5) is 4.37. The summed E-state index contributed by atoms with van der Waals surface area (Å²) in [6.07, 6.45) is 1.93. The first-order valence-corrected chi connectivity index (χ1v) is 6.34. The van der Waals surface area contributed by atoms with Gasteiger partial charge < -0.3 is 9.73 Å². The number of nitrogens with one attached hydrogen (secondary N) is 1.